The van der Waals surface area contributed by atoms with Crippen LogP contribution in [0.4, 0.5) is 5.69 Å². The van der Waals surface area contributed by atoms with Gasteiger partial charge in [0.15, 0.2) is 0 Å². The van der Waals surface area contributed by atoms with Crippen molar-refractivity contribution in [2.45, 2.75) is 31.9 Å². The van der Waals surface area contributed by atoms with Crippen LogP contribution in [-0.4, -0.2) is 28.5 Å². The lowest BCUT2D eigenvalue weighted by molar-refractivity contribution is -0.113. The highest BCUT2D eigenvalue weighted by Crippen LogP contribution is 2.27. The number of hydrogen-bond acceptors (Lipinski definition) is 6. The maximum atomic E-state index is 12.2. The molecule has 6 nitrogen and oxygen atoms in total. The molecule has 1 amide bonds. The van der Waals surface area contributed by atoms with Crippen LogP contribution >= 0.6 is 35.0 Å². The summed E-state index contributed by atoms with van der Waals surface area (Å²) in [6.07, 6.45) is 1.24. The van der Waals surface area contributed by atoms with Crippen LogP contribution in [0, 0.1) is 13.8 Å². The highest BCUT2D eigenvalue weighted by Gasteiger charge is 2.11. The molecular formula is C21H21Cl2N3O3S. The third-order valence-corrected chi connectivity index (χ3v) is 5.69. The number of hydrogen-bond donors (Lipinski definition) is 1. The number of nitrogens with one attached hydrogen (secondary N) is 1. The maximum Gasteiger partial charge on any atom is 0.277 e. The molecule has 9 heteroatoms. The lowest BCUT2D eigenvalue weighted by atomic mass is 10.1. The zero-order valence-electron chi connectivity index (χ0n) is 16.6. The highest BCUT2D eigenvalue weighted by atomic mass is 35.5. The van der Waals surface area contributed by atoms with Crippen LogP contribution in [0.15, 0.2) is 46.0 Å². The van der Waals surface area contributed by atoms with Crippen molar-refractivity contribution in [3.8, 4) is 5.75 Å². The molecule has 0 aliphatic carbocycles. The largest absolute Gasteiger partial charge is 0.492 e. The smallest absolute Gasteiger partial charge is 0.277 e. The molecule has 0 atom stereocenters. The number of thioether (sulfide) groups is 1. The van der Waals surface area contributed by atoms with Crippen LogP contribution in [-0.2, 0) is 11.2 Å². The Hall–Kier alpha value is -2.22. The summed E-state index contributed by atoms with van der Waals surface area (Å²) in [5, 5.41) is 12.3. The van der Waals surface area contributed by atoms with E-state index in [1.807, 2.05) is 32.0 Å². The van der Waals surface area contributed by atoms with Crippen molar-refractivity contribution >= 4 is 46.6 Å². The molecule has 3 rings (SSSR count). The molecule has 0 spiro atoms. The minimum Gasteiger partial charge on any atom is -0.492 e. The first kappa shape index (κ1) is 22.5. The fourth-order valence-electron chi connectivity index (χ4n) is 2.60. The van der Waals surface area contributed by atoms with E-state index < -0.39 is 0 Å². The van der Waals surface area contributed by atoms with Crippen LogP contribution in [0.3, 0.4) is 0 Å². The predicted octanol–water partition coefficient (Wildman–Crippen LogP) is 5.74. The Bertz CT molecular complexity index is 1030. The number of carbonyl (C=O) groups excluding carboxylic acids is 1. The summed E-state index contributed by atoms with van der Waals surface area (Å²) >= 11 is 13.1. The Kier molecular flexibility index (Phi) is 8.01. The normalized spacial score (nSPS) is 10.8. The summed E-state index contributed by atoms with van der Waals surface area (Å²) < 4.78 is 11.2. The average Bonchev–Trinajstić information content (AvgIpc) is 3.16. The number of rotatable bonds is 9. The Morgan fingerprint density at radius 1 is 1.20 bits per heavy atom. The Balaban J connectivity index is 1.40. The van der Waals surface area contributed by atoms with Gasteiger partial charge in [0.25, 0.3) is 5.22 Å². The van der Waals surface area contributed by atoms with Gasteiger partial charge in [0.05, 0.1) is 17.4 Å². The highest BCUT2D eigenvalue weighted by molar-refractivity contribution is 7.99. The van der Waals surface area contributed by atoms with Crippen LogP contribution in [0.2, 0.25) is 10.0 Å². The zero-order chi connectivity index (χ0) is 21.5. The third kappa shape index (κ3) is 6.39. The van der Waals surface area contributed by atoms with Gasteiger partial charge in [-0.3, -0.25) is 4.79 Å². The average molecular weight is 466 g/mol. The Morgan fingerprint density at radius 3 is 2.83 bits per heavy atom. The summed E-state index contributed by atoms with van der Waals surface area (Å²) in [5.74, 6) is 1.14. The van der Waals surface area contributed by atoms with Gasteiger partial charge in [-0.2, -0.15) is 0 Å². The third-order valence-electron chi connectivity index (χ3n) is 4.34. The Labute approximate surface area is 189 Å². The molecule has 1 heterocycles. The number of ether oxygens (including phenoxy) is 1. The molecule has 1 aromatic heterocycles. The number of halogens is 2. The van der Waals surface area contributed by atoms with E-state index in [0.29, 0.717) is 46.4 Å². The van der Waals surface area contributed by atoms with Crippen LogP contribution in [0.5, 0.6) is 5.75 Å². The molecule has 0 bridgehead atoms. The number of carbonyl (C=O) groups is 1. The van der Waals surface area contributed by atoms with Gasteiger partial charge in [0.2, 0.25) is 11.8 Å². The molecule has 0 radical (unpaired) electrons. The monoisotopic (exact) mass is 465 g/mol. The zero-order valence-corrected chi connectivity index (χ0v) is 18.9. The number of nitrogens with zero attached hydrogens (tertiary/aromatic N) is 2. The van der Waals surface area contributed by atoms with E-state index in [-0.39, 0.29) is 11.7 Å². The van der Waals surface area contributed by atoms with E-state index in [2.05, 4.69) is 15.5 Å². The van der Waals surface area contributed by atoms with Gasteiger partial charge >= 0.3 is 0 Å². The molecule has 0 aliphatic heterocycles. The topological polar surface area (TPSA) is 77.2 Å². The van der Waals surface area contributed by atoms with Gasteiger partial charge in [-0.1, -0.05) is 47.1 Å². The van der Waals surface area contributed by atoms with Crippen molar-refractivity contribution < 1.29 is 13.9 Å². The molecule has 0 saturated carbocycles. The molecule has 1 N–H and O–H groups in total. The van der Waals surface area contributed by atoms with E-state index >= 15 is 0 Å². The van der Waals surface area contributed by atoms with Crippen LogP contribution < -0.4 is 10.1 Å². The fraction of sp³-hybridized carbons (Fsp3) is 0.286. The number of aromatic nitrogens is 2. The Morgan fingerprint density at radius 2 is 2.03 bits per heavy atom. The van der Waals surface area contributed by atoms with Gasteiger partial charge in [-0.05, 0) is 55.7 Å². The van der Waals surface area contributed by atoms with E-state index in [1.165, 1.54) is 11.8 Å². The summed E-state index contributed by atoms with van der Waals surface area (Å²) in [6.45, 7) is 4.44. The second kappa shape index (κ2) is 10.7. The second-order valence-electron chi connectivity index (χ2n) is 6.57. The first-order chi connectivity index (χ1) is 14.4. The maximum absolute atomic E-state index is 12.2. The lowest BCUT2D eigenvalue weighted by Gasteiger charge is -2.09. The molecule has 158 valence electrons. The van der Waals surface area contributed by atoms with E-state index in [0.717, 1.165) is 16.8 Å². The van der Waals surface area contributed by atoms with Gasteiger partial charge in [-0.15, -0.1) is 10.2 Å². The number of aryl methyl sites for hydroxylation is 2. The quantitative estimate of drug-likeness (QED) is 0.320. The molecule has 2 aromatic carbocycles. The van der Waals surface area contributed by atoms with Crippen molar-refractivity contribution in [2.24, 2.45) is 0 Å². The van der Waals surface area contributed by atoms with Crippen molar-refractivity contribution in [1.82, 2.24) is 10.2 Å². The van der Waals surface area contributed by atoms with E-state index in [4.69, 9.17) is 32.4 Å². The summed E-state index contributed by atoms with van der Waals surface area (Å²) in [6, 6.07) is 10.9. The van der Waals surface area contributed by atoms with E-state index in [9.17, 15) is 4.79 Å². The first-order valence-electron chi connectivity index (χ1n) is 9.31. The molecule has 0 aliphatic rings. The second-order valence-corrected chi connectivity index (χ2v) is 8.34. The van der Waals surface area contributed by atoms with E-state index in [1.54, 1.807) is 18.2 Å². The lowest BCUT2D eigenvalue weighted by Crippen LogP contribution is -2.15. The summed E-state index contributed by atoms with van der Waals surface area (Å²) in [7, 11) is 0. The van der Waals surface area contributed by atoms with Crippen molar-refractivity contribution in [1.29, 1.82) is 0 Å². The van der Waals surface area contributed by atoms with Crippen LogP contribution in [0.25, 0.3) is 0 Å². The molecule has 30 heavy (non-hydrogen) atoms. The summed E-state index contributed by atoms with van der Waals surface area (Å²) in [5.41, 5.74) is 3.00. The molecule has 0 fully saturated rings. The SMILES string of the molecule is Cc1cccc(NC(=O)CSc2nnc(CCCOc3ccc(Cl)cc3Cl)o2)c1C. The van der Waals surface area contributed by atoms with Gasteiger partial charge in [-0.25, -0.2) is 0 Å². The number of benzene rings is 2. The standard InChI is InChI=1S/C21H21Cl2N3O3S/c1-13-5-3-6-17(14(13)2)24-19(27)12-30-21-26-25-20(29-21)7-4-10-28-18-9-8-15(22)11-16(18)23/h3,5-6,8-9,11H,4,7,10,12H2,1-2H3,(H,24,27). The molecule has 0 unspecified atom stereocenters. The summed E-state index contributed by atoms with van der Waals surface area (Å²) in [4.78, 5) is 12.2. The van der Waals surface area contributed by atoms with Gasteiger partial charge in [0, 0.05) is 17.1 Å². The van der Waals surface area contributed by atoms with Crippen molar-refractivity contribution in [3.63, 3.8) is 0 Å². The first-order valence-corrected chi connectivity index (χ1v) is 11.1. The number of anilines is 1. The van der Waals surface area contributed by atoms with Crippen LogP contribution in [0.1, 0.15) is 23.4 Å². The predicted molar refractivity (Wildman–Crippen MR) is 120 cm³/mol. The number of amides is 1. The molecule has 0 saturated heterocycles. The van der Waals surface area contributed by atoms with Crippen molar-refractivity contribution in [2.75, 3.05) is 17.7 Å². The fourth-order valence-corrected chi connectivity index (χ4v) is 3.64. The molecule has 3 aromatic rings. The molecular weight excluding hydrogens is 445 g/mol. The van der Waals surface area contributed by atoms with Gasteiger partial charge in [0.1, 0.15) is 5.75 Å². The minimum atomic E-state index is -0.123. The van der Waals surface area contributed by atoms with Crippen molar-refractivity contribution in [3.05, 3.63) is 63.5 Å². The minimum absolute atomic E-state index is 0.123. The van der Waals surface area contributed by atoms with Gasteiger partial charge < -0.3 is 14.5 Å².